The Labute approximate surface area is 126 Å². The van der Waals surface area contributed by atoms with Crippen molar-refractivity contribution < 1.29 is 14.7 Å². The highest BCUT2D eigenvalue weighted by atomic mass is 32.2. The fraction of sp³-hybridized carbons (Fsp3) is 0.857. The van der Waals surface area contributed by atoms with Crippen LogP contribution in [0.1, 0.15) is 40.0 Å². The van der Waals surface area contributed by atoms with Crippen LogP contribution in [0.25, 0.3) is 0 Å². The first kappa shape index (κ1) is 19.1. The monoisotopic (exact) mass is 304 g/mol. The molecule has 2 unspecified atom stereocenters. The molecule has 2 atom stereocenters. The molecule has 0 bridgehead atoms. The molecule has 6 heteroatoms. The van der Waals surface area contributed by atoms with E-state index in [1.165, 1.54) is 0 Å². The molecule has 0 aromatic rings. The Bertz CT molecular complexity index is 298. The summed E-state index contributed by atoms with van der Waals surface area (Å²) >= 11 is 1.71. The van der Waals surface area contributed by atoms with E-state index in [4.69, 9.17) is 5.11 Å². The zero-order chi connectivity index (χ0) is 15.5. The average Bonchev–Trinajstić information content (AvgIpc) is 2.38. The molecule has 0 radical (unpaired) electrons. The first-order valence-electron chi connectivity index (χ1n) is 7.13. The number of carboxylic acid groups (broad SMARTS) is 1. The van der Waals surface area contributed by atoms with E-state index >= 15 is 0 Å². The van der Waals surface area contributed by atoms with Crippen LogP contribution in [0.3, 0.4) is 0 Å². The van der Waals surface area contributed by atoms with E-state index in [0.717, 1.165) is 6.42 Å². The third-order valence-electron chi connectivity index (χ3n) is 3.42. The highest BCUT2D eigenvalue weighted by Gasteiger charge is 2.15. The summed E-state index contributed by atoms with van der Waals surface area (Å²) in [6.45, 7) is 7.48. The van der Waals surface area contributed by atoms with Crippen molar-refractivity contribution in [1.82, 2.24) is 10.6 Å². The normalized spacial score (nSPS) is 13.8. The van der Waals surface area contributed by atoms with Crippen LogP contribution in [0.5, 0.6) is 0 Å². The standard InChI is InChI=1S/C14H28N2O3S/c1-10(2)12(5-6-13(17)18)7-8-15-14(19)16-9-11(3)20-4/h10-12H,5-9H2,1-4H3,(H,17,18)(H2,15,16,19). The fourth-order valence-corrected chi connectivity index (χ4v) is 2.12. The average molecular weight is 304 g/mol. The minimum Gasteiger partial charge on any atom is -0.481 e. The quantitative estimate of drug-likeness (QED) is 0.579. The van der Waals surface area contributed by atoms with E-state index in [2.05, 4.69) is 31.4 Å². The van der Waals surface area contributed by atoms with E-state index < -0.39 is 5.97 Å². The highest BCUT2D eigenvalue weighted by molar-refractivity contribution is 7.99. The lowest BCUT2D eigenvalue weighted by Crippen LogP contribution is -2.39. The Hall–Kier alpha value is -0.910. The Kier molecular flexibility index (Phi) is 10.3. The lowest BCUT2D eigenvalue weighted by atomic mass is 9.88. The molecule has 0 aliphatic rings. The van der Waals surface area contributed by atoms with Crippen LogP contribution >= 0.6 is 11.8 Å². The van der Waals surface area contributed by atoms with E-state index in [-0.39, 0.29) is 12.5 Å². The smallest absolute Gasteiger partial charge is 0.314 e. The van der Waals surface area contributed by atoms with Gasteiger partial charge in [0.15, 0.2) is 0 Å². The third kappa shape index (κ3) is 9.95. The van der Waals surface area contributed by atoms with Gasteiger partial charge in [0.2, 0.25) is 0 Å². The number of hydrogen-bond donors (Lipinski definition) is 3. The molecule has 0 aromatic carbocycles. The molecule has 0 aliphatic carbocycles. The van der Waals surface area contributed by atoms with Crippen LogP contribution in [0.15, 0.2) is 0 Å². The van der Waals surface area contributed by atoms with Crippen LogP contribution in [-0.4, -0.2) is 41.7 Å². The molecule has 3 N–H and O–H groups in total. The molecule has 5 nitrogen and oxygen atoms in total. The second-order valence-corrected chi connectivity index (χ2v) is 6.68. The highest BCUT2D eigenvalue weighted by Crippen LogP contribution is 2.20. The Morgan fingerprint density at radius 1 is 1.15 bits per heavy atom. The van der Waals surface area contributed by atoms with Crippen LogP contribution in [0, 0.1) is 11.8 Å². The van der Waals surface area contributed by atoms with Gasteiger partial charge in [-0.2, -0.15) is 11.8 Å². The summed E-state index contributed by atoms with van der Waals surface area (Å²) in [4.78, 5) is 22.2. The lowest BCUT2D eigenvalue weighted by molar-refractivity contribution is -0.137. The predicted molar refractivity (Wildman–Crippen MR) is 84.2 cm³/mol. The Morgan fingerprint density at radius 3 is 2.30 bits per heavy atom. The molecule has 0 fully saturated rings. The number of rotatable bonds is 10. The molecule has 118 valence electrons. The summed E-state index contributed by atoms with van der Waals surface area (Å²) in [5.74, 6) is -0.000323. The van der Waals surface area contributed by atoms with Crippen molar-refractivity contribution in [2.24, 2.45) is 11.8 Å². The SMILES string of the molecule is CSC(C)CNC(=O)NCCC(CCC(=O)O)C(C)C. The molecule has 0 saturated carbocycles. The first-order chi connectivity index (χ1) is 9.36. The van der Waals surface area contributed by atoms with Gasteiger partial charge in [-0.25, -0.2) is 4.79 Å². The van der Waals surface area contributed by atoms with Gasteiger partial charge in [0.25, 0.3) is 0 Å². The molecule has 0 aliphatic heterocycles. The minimum atomic E-state index is -0.757. The second kappa shape index (κ2) is 10.8. The molecule has 0 rings (SSSR count). The van der Waals surface area contributed by atoms with Crippen LogP contribution in [-0.2, 0) is 4.79 Å². The zero-order valence-electron chi connectivity index (χ0n) is 12.9. The molecule has 0 heterocycles. The fourth-order valence-electron chi connectivity index (χ4n) is 1.87. The third-order valence-corrected chi connectivity index (χ3v) is 4.40. The zero-order valence-corrected chi connectivity index (χ0v) is 13.8. The summed E-state index contributed by atoms with van der Waals surface area (Å²) in [6, 6.07) is -0.147. The Balaban J connectivity index is 3.87. The molecular weight excluding hydrogens is 276 g/mol. The van der Waals surface area contributed by atoms with Gasteiger partial charge in [0.05, 0.1) is 0 Å². The van der Waals surface area contributed by atoms with Gasteiger partial charge in [0.1, 0.15) is 0 Å². The van der Waals surface area contributed by atoms with Gasteiger partial charge in [-0.1, -0.05) is 20.8 Å². The topological polar surface area (TPSA) is 78.4 Å². The largest absolute Gasteiger partial charge is 0.481 e. The number of amides is 2. The number of hydrogen-bond acceptors (Lipinski definition) is 3. The predicted octanol–water partition coefficient (Wildman–Crippen LogP) is 2.56. The van der Waals surface area contributed by atoms with Gasteiger partial charge < -0.3 is 15.7 Å². The number of aliphatic carboxylic acids is 1. The van der Waals surface area contributed by atoms with Crippen LogP contribution < -0.4 is 10.6 Å². The number of urea groups is 1. The van der Waals surface area contributed by atoms with Crippen molar-refractivity contribution in [2.75, 3.05) is 19.3 Å². The maximum Gasteiger partial charge on any atom is 0.314 e. The van der Waals surface area contributed by atoms with E-state index in [9.17, 15) is 9.59 Å². The number of thioether (sulfide) groups is 1. The summed E-state index contributed by atoms with van der Waals surface area (Å²) in [5.41, 5.74) is 0. The first-order valence-corrected chi connectivity index (χ1v) is 8.41. The summed E-state index contributed by atoms with van der Waals surface area (Å²) < 4.78 is 0. The van der Waals surface area contributed by atoms with Gasteiger partial charge in [0, 0.05) is 24.8 Å². The van der Waals surface area contributed by atoms with Crippen molar-refractivity contribution in [1.29, 1.82) is 0 Å². The lowest BCUT2D eigenvalue weighted by Gasteiger charge is -2.20. The van der Waals surface area contributed by atoms with Gasteiger partial charge >= 0.3 is 12.0 Å². The van der Waals surface area contributed by atoms with Gasteiger partial charge in [-0.15, -0.1) is 0 Å². The summed E-state index contributed by atoms with van der Waals surface area (Å²) in [5, 5.41) is 14.8. The number of carbonyl (C=O) groups excluding carboxylic acids is 1. The summed E-state index contributed by atoms with van der Waals surface area (Å²) in [6.07, 6.45) is 3.69. The molecule has 20 heavy (non-hydrogen) atoms. The molecule has 0 saturated heterocycles. The minimum absolute atomic E-state index is 0.147. The van der Waals surface area contributed by atoms with Crippen molar-refractivity contribution in [3.05, 3.63) is 0 Å². The molecule has 2 amide bonds. The number of nitrogens with one attached hydrogen (secondary N) is 2. The van der Waals surface area contributed by atoms with Crippen molar-refractivity contribution in [3.63, 3.8) is 0 Å². The van der Waals surface area contributed by atoms with E-state index in [0.29, 0.717) is 36.6 Å². The molecule has 0 aromatic heterocycles. The van der Waals surface area contributed by atoms with Crippen molar-refractivity contribution in [2.45, 2.75) is 45.3 Å². The Morgan fingerprint density at radius 2 is 1.80 bits per heavy atom. The molecular formula is C14H28N2O3S. The van der Waals surface area contributed by atoms with Crippen LogP contribution in [0.2, 0.25) is 0 Å². The van der Waals surface area contributed by atoms with Crippen molar-refractivity contribution >= 4 is 23.8 Å². The number of carbonyl (C=O) groups is 2. The van der Waals surface area contributed by atoms with Crippen molar-refractivity contribution in [3.8, 4) is 0 Å². The van der Waals surface area contributed by atoms with E-state index in [1.54, 1.807) is 11.8 Å². The maximum atomic E-state index is 11.6. The number of carboxylic acids is 1. The van der Waals surface area contributed by atoms with Gasteiger partial charge in [-0.05, 0) is 30.9 Å². The van der Waals surface area contributed by atoms with E-state index in [1.807, 2.05) is 6.26 Å². The maximum absolute atomic E-state index is 11.6. The summed E-state index contributed by atoms with van der Waals surface area (Å²) in [7, 11) is 0. The second-order valence-electron chi connectivity index (χ2n) is 5.41. The molecule has 0 spiro atoms. The van der Waals surface area contributed by atoms with Gasteiger partial charge in [-0.3, -0.25) is 4.79 Å². The van der Waals surface area contributed by atoms with Crippen LogP contribution in [0.4, 0.5) is 4.79 Å².